The number of hydrogen-bond acceptors (Lipinski definition) is 2. The molecule has 0 saturated carbocycles. The molecule has 96 valence electrons. The van der Waals surface area contributed by atoms with Crippen molar-refractivity contribution in [1.82, 2.24) is 9.97 Å². The summed E-state index contributed by atoms with van der Waals surface area (Å²) in [6.07, 6.45) is 0. The standard InChI is InChI=1S/C14H18FN3/c1-9-12(10-4-6-11(15)7-5-10)18-13(17-9)14(2,3)8-16/h4-7H,8,16H2,1-3H3,(H,17,18). The van der Waals surface area contributed by atoms with Gasteiger partial charge in [-0.05, 0) is 31.2 Å². The number of aromatic nitrogens is 2. The Kier molecular flexibility index (Phi) is 3.22. The molecule has 3 nitrogen and oxygen atoms in total. The second kappa shape index (κ2) is 4.53. The van der Waals surface area contributed by atoms with E-state index in [1.807, 2.05) is 20.8 Å². The van der Waals surface area contributed by atoms with E-state index in [1.165, 1.54) is 12.1 Å². The van der Waals surface area contributed by atoms with Gasteiger partial charge < -0.3 is 10.7 Å². The van der Waals surface area contributed by atoms with Crippen LogP contribution in [0.2, 0.25) is 0 Å². The summed E-state index contributed by atoms with van der Waals surface area (Å²) >= 11 is 0. The first kappa shape index (κ1) is 12.8. The van der Waals surface area contributed by atoms with Crippen LogP contribution in [0.1, 0.15) is 25.4 Å². The number of nitrogens with one attached hydrogen (secondary N) is 1. The summed E-state index contributed by atoms with van der Waals surface area (Å²) in [5, 5.41) is 0. The van der Waals surface area contributed by atoms with Gasteiger partial charge in [0.15, 0.2) is 0 Å². The zero-order valence-electron chi connectivity index (χ0n) is 10.9. The SMILES string of the molecule is Cc1[nH]c(C(C)(C)CN)nc1-c1ccc(F)cc1. The highest BCUT2D eigenvalue weighted by molar-refractivity contribution is 5.62. The molecule has 0 saturated heterocycles. The van der Waals surface area contributed by atoms with E-state index in [0.717, 1.165) is 22.8 Å². The molecule has 4 heteroatoms. The molecule has 1 aromatic heterocycles. The van der Waals surface area contributed by atoms with Crippen molar-refractivity contribution >= 4 is 0 Å². The monoisotopic (exact) mass is 247 g/mol. The molecule has 1 aromatic carbocycles. The van der Waals surface area contributed by atoms with E-state index < -0.39 is 0 Å². The van der Waals surface area contributed by atoms with Crippen LogP contribution in [0.5, 0.6) is 0 Å². The molecule has 0 unspecified atom stereocenters. The summed E-state index contributed by atoms with van der Waals surface area (Å²) in [7, 11) is 0. The third-order valence-corrected chi connectivity index (χ3v) is 3.15. The fraction of sp³-hybridized carbons (Fsp3) is 0.357. The number of nitrogens with two attached hydrogens (primary N) is 1. The van der Waals surface area contributed by atoms with Gasteiger partial charge in [0.05, 0.1) is 5.69 Å². The molecule has 0 amide bonds. The number of H-pyrrole nitrogens is 1. The molecule has 0 bridgehead atoms. The summed E-state index contributed by atoms with van der Waals surface area (Å²) in [5.74, 6) is 0.622. The average molecular weight is 247 g/mol. The Bertz CT molecular complexity index is 541. The quantitative estimate of drug-likeness (QED) is 0.876. The zero-order chi connectivity index (χ0) is 13.3. The van der Waals surface area contributed by atoms with Gasteiger partial charge in [-0.3, -0.25) is 0 Å². The maximum atomic E-state index is 12.9. The lowest BCUT2D eigenvalue weighted by molar-refractivity contribution is 0.507. The molecule has 2 aromatic rings. The van der Waals surface area contributed by atoms with Gasteiger partial charge in [0.25, 0.3) is 0 Å². The Morgan fingerprint density at radius 2 is 1.89 bits per heavy atom. The van der Waals surface area contributed by atoms with Crippen molar-refractivity contribution in [3.05, 3.63) is 41.6 Å². The summed E-state index contributed by atoms with van der Waals surface area (Å²) in [5.41, 5.74) is 8.29. The largest absolute Gasteiger partial charge is 0.345 e. The van der Waals surface area contributed by atoms with Gasteiger partial charge in [0.2, 0.25) is 0 Å². The molecule has 0 aliphatic heterocycles. The molecule has 0 spiro atoms. The molecule has 0 aliphatic carbocycles. The predicted octanol–water partition coefficient (Wildman–Crippen LogP) is 2.76. The Balaban J connectivity index is 2.44. The van der Waals surface area contributed by atoms with Gasteiger partial charge >= 0.3 is 0 Å². The van der Waals surface area contributed by atoms with Crippen molar-refractivity contribution in [1.29, 1.82) is 0 Å². The molecule has 0 aliphatic rings. The Labute approximate surface area is 106 Å². The molecule has 18 heavy (non-hydrogen) atoms. The van der Waals surface area contributed by atoms with Crippen molar-refractivity contribution < 1.29 is 4.39 Å². The Morgan fingerprint density at radius 3 is 2.44 bits per heavy atom. The lowest BCUT2D eigenvalue weighted by atomic mass is 9.93. The minimum atomic E-state index is -0.241. The smallest absolute Gasteiger partial charge is 0.123 e. The van der Waals surface area contributed by atoms with Crippen molar-refractivity contribution in [2.45, 2.75) is 26.2 Å². The minimum Gasteiger partial charge on any atom is -0.345 e. The number of imidazole rings is 1. The van der Waals surface area contributed by atoms with Gasteiger partial charge in [-0.15, -0.1) is 0 Å². The summed E-state index contributed by atoms with van der Waals surface area (Å²) < 4.78 is 12.9. The van der Waals surface area contributed by atoms with Crippen LogP contribution in [-0.2, 0) is 5.41 Å². The van der Waals surface area contributed by atoms with E-state index in [4.69, 9.17) is 5.73 Å². The number of aromatic amines is 1. The fourth-order valence-corrected chi connectivity index (χ4v) is 1.77. The van der Waals surface area contributed by atoms with E-state index in [1.54, 1.807) is 12.1 Å². The van der Waals surface area contributed by atoms with Crippen LogP contribution >= 0.6 is 0 Å². The molecular formula is C14H18FN3. The third kappa shape index (κ3) is 2.29. The molecule has 2 rings (SSSR count). The molecule has 0 fully saturated rings. The lowest BCUT2D eigenvalue weighted by Crippen LogP contribution is -2.29. The van der Waals surface area contributed by atoms with E-state index >= 15 is 0 Å². The van der Waals surface area contributed by atoms with E-state index in [9.17, 15) is 4.39 Å². The lowest BCUT2D eigenvalue weighted by Gasteiger charge is -2.18. The fourth-order valence-electron chi connectivity index (χ4n) is 1.77. The predicted molar refractivity (Wildman–Crippen MR) is 70.8 cm³/mol. The summed E-state index contributed by atoms with van der Waals surface area (Å²) in [4.78, 5) is 7.86. The molecule has 0 radical (unpaired) electrons. The van der Waals surface area contributed by atoms with Crippen molar-refractivity contribution in [3.63, 3.8) is 0 Å². The number of hydrogen-bond donors (Lipinski definition) is 2. The molecular weight excluding hydrogens is 229 g/mol. The van der Waals surface area contributed by atoms with Crippen molar-refractivity contribution in [2.24, 2.45) is 5.73 Å². The van der Waals surface area contributed by atoms with Gasteiger partial charge in [0.1, 0.15) is 11.6 Å². The second-order valence-electron chi connectivity index (χ2n) is 5.15. The summed E-state index contributed by atoms with van der Waals surface area (Å²) in [6.45, 7) is 6.56. The molecule has 0 atom stereocenters. The van der Waals surface area contributed by atoms with Crippen molar-refractivity contribution in [3.8, 4) is 11.3 Å². The topological polar surface area (TPSA) is 54.7 Å². The van der Waals surface area contributed by atoms with Crippen LogP contribution in [0.25, 0.3) is 11.3 Å². The maximum Gasteiger partial charge on any atom is 0.123 e. The van der Waals surface area contributed by atoms with Crippen LogP contribution in [0.4, 0.5) is 4.39 Å². The number of nitrogens with zero attached hydrogens (tertiary/aromatic N) is 1. The van der Waals surface area contributed by atoms with E-state index in [0.29, 0.717) is 6.54 Å². The minimum absolute atomic E-state index is 0.191. The Hall–Kier alpha value is -1.68. The second-order valence-corrected chi connectivity index (χ2v) is 5.15. The van der Waals surface area contributed by atoms with Crippen LogP contribution in [-0.4, -0.2) is 16.5 Å². The number of rotatable bonds is 3. The first-order chi connectivity index (χ1) is 8.44. The first-order valence-corrected chi connectivity index (χ1v) is 5.97. The molecule has 3 N–H and O–H groups in total. The molecule has 1 heterocycles. The van der Waals surface area contributed by atoms with E-state index in [-0.39, 0.29) is 11.2 Å². The van der Waals surface area contributed by atoms with Gasteiger partial charge in [-0.2, -0.15) is 0 Å². The van der Waals surface area contributed by atoms with Crippen LogP contribution in [0.3, 0.4) is 0 Å². The van der Waals surface area contributed by atoms with E-state index in [2.05, 4.69) is 9.97 Å². The van der Waals surface area contributed by atoms with Crippen molar-refractivity contribution in [2.75, 3.05) is 6.54 Å². The van der Waals surface area contributed by atoms with Gasteiger partial charge in [0, 0.05) is 23.2 Å². The van der Waals surface area contributed by atoms with Crippen LogP contribution in [0, 0.1) is 12.7 Å². The first-order valence-electron chi connectivity index (χ1n) is 5.97. The zero-order valence-corrected chi connectivity index (χ0v) is 10.9. The number of benzene rings is 1. The Morgan fingerprint density at radius 1 is 1.28 bits per heavy atom. The maximum absolute atomic E-state index is 12.9. The van der Waals surface area contributed by atoms with Gasteiger partial charge in [-0.25, -0.2) is 9.37 Å². The van der Waals surface area contributed by atoms with Crippen LogP contribution < -0.4 is 5.73 Å². The highest BCUT2D eigenvalue weighted by Gasteiger charge is 2.23. The normalized spacial score (nSPS) is 11.8. The average Bonchev–Trinajstić information content (AvgIpc) is 2.73. The highest BCUT2D eigenvalue weighted by atomic mass is 19.1. The van der Waals surface area contributed by atoms with Gasteiger partial charge in [-0.1, -0.05) is 13.8 Å². The summed E-state index contributed by atoms with van der Waals surface area (Å²) in [6, 6.07) is 6.35. The number of halogens is 1. The van der Waals surface area contributed by atoms with Crippen LogP contribution in [0.15, 0.2) is 24.3 Å². The highest BCUT2D eigenvalue weighted by Crippen LogP contribution is 2.26. The third-order valence-electron chi connectivity index (χ3n) is 3.15. The number of aryl methyl sites for hydroxylation is 1.